The van der Waals surface area contributed by atoms with E-state index in [1.165, 1.54) is 4.98 Å². The summed E-state index contributed by atoms with van der Waals surface area (Å²) in [5.41, 5.74) is -6.07. The number of alkyl halides is 3. The van der Waals surface area contributed by atoms with Crippen LogP contribution in [-0.4, -0.2) is 9.55 Å². The zero-order valence-electron chi connectivity index (χ0n) is 13.9. The third-order valence-electron chi connectivity index (χ3n) is 3.09. The predicted octanol–water partition coefficient (Wildman–Crippen LogP) is 3.22. The summed E-state index contributed by atoms with van der Waals surface area (Å²) in [6.07, 6.45) is -4.94. The maximum atomic E-state index is 14.2. The van der Waals surface area contributed by atoms with Gasteiger partial charge < -0.3 is 4.98 Å². The number of H-pyrrole nitrogens is 1. The summed E-state index contributed by atoms with van der Waals surface area (Å²) >= 11 is 0. The van der Waals surface area contributed by atoms with E-state index >= 15 is 0 Å². The summed E-state index contributed by atoms with van der Waals surface area (Å²) in [4.78, 5) is 25.1. The molecule has 2 rings (SSSR count). The maximum absolute atomic E-state index is 14.2. The van der Waals surface area contributed by atoms with Gasteiger partial charge in [0, 0.05) is 11.5 Å². The van der Waals surface area contributed by atoms with Crippen molar-refractivity contribution in [2.75, 3.05) is 0 Å². The molecule has 138 valence electrons. The molecule has 9 heteroatoms. The summed E-state index contributed by atoms with van der Waals surface area (Å²) in [7, 11) is 0. The predicted molar refractivity (Wildman–Crippen MR) is 83.9 cm³/mol. The van der Waals surface area contributed by atoms with Gasteiger partial charge in [0.2, 0.25) is 0 Å². The van der Waals surface area contributed by atoms with E-state index in [0.29, 0.717) is 12.1 Å². The van der Waals surface area contributed by atoms with Crippen LogP contribution in [0, 0.1) is 28.9 Å². The normalized spacial score (nSPS) is 11.8. The van der Waals surface area contributed by atoms with Gasteiger partial charge in [-0.1, -0.05) is 11.8 Å². The van der Waals surface area contributed by atoms with E-state index in [1.807, 2.05) is 0 Å². The van der Waals surface area contributed by atoms with Gasteiger partial charge in [0.15, 0.2) is 0 Å². The number of rotatable bonds is 1. The molecule has 1 heterocycles. The van der Waals surface area contributed by atoms with Crippen molar-refractivity contribution in [2.24, 2.45) is 5.41 Å². The zero-order chi connectivity index (χ0) is 19.9. The lowest BCUT2D eigenvalue weighted by atomic mass is 9.97. The van der Waals surface area contributed by atoms with E-state index in [-0.39, 0.29) is 10.6 Å². The highest BCUT2D eigenvalue weighted by Gasteiger charge is 2.33. The number of benzene rings is 1. The Morgan fingerprint density at radius 3 is 1.96 bits per heavy atom. The summed E-state index contributed by atoms with van der Waals surface area (Å²) in [5.74, 6) is 2.67. The minimum atomic E-state index is -4.94. The molecule has 1 aromatic heterocycles. The fourth-order valence-electron chi connectivity index (χ4n) is 1.95. The van der Waals surface area contributed by atoms with E-state index in [1.54, 1.807) is 20.8 Å². The van der Waals surface area contributed by atoms with Crippen molar-refractivity contribution in [1.82, 2.24) is 9.55 Å². The van der Waals surface area contributed by atoms with Crippen LogP contribution in [-0.2, 0) is 6.18 Å². The summed E-state index contributed by atoms with van der Waals surface area (Å²) < 4.78 is 66.3. The molecule has 0 aliphatic carbocycles. The second kappa shape index (κ2) is 6.44. The fraction of sp³-hybridized carbons (Fsp3) is 0.294. The quantitative estimate of drug-likeness (QED) is 0.617. The Kier molecular flexibility index (Phi) is 4.82. The molecule has 2 aromatic rings. The van der Waals surface area contributed by atoms with E-state index < -0.39 is 51.4 Å². The number of hydrogen-bond acceptors (Lipinski definition) is 2. The second-order valence-electron chi connectivity index (χ2n) is 6.44. The Morgan fingerprint density at radius 2 is 1.54 bits per heavy atom. The summed E-state index contributed by atoms with van der Waals surface area (Å²) in [6.45, 7) is 5.18. The Hall–Kier alpha value is -2.89. The Bertz CT molecular complexity index is 976. The molecule has 0 fully saturated rings. The zero-order valence-corrected chi connectivity index (χ0v) is 13.9. The molecule has 0 unspecified atom stereocenters. The third kappa shape index (κ3) is 4.20. The van der Waals surface area contributed by atoms with Crippen molar-refractivity contribution >= 4 is 0 Å². The Morgan fingerprint density at radius 1 is 1.00 bits per heavy atom. The number of nitrogens with zero attached hydrogens (tertiary/aromatic N) is 1. The first kappa shape index (κ1) is 19.4. The number of aromatic amines is 1. The summed E-state index contributed by atoms with van der Waals surface area (Å²) in [6, 6.07) is 1.43. The van der Waals surface area contributed by atoms with E-state index in [2.05, 4.69) is 11.8 Å². The molecular weight excluding hydrogens is 359 g/mol. The summed E-state index contributed by atoms with van der Waals surface area (Å²) in [5, 5.41) is 0. The van der Waals surface area contributed by atoms with Gasteiger partial charge >= 0.3 is 11.9 Å². The minimum absolute atomic E-state index is 0.129. The van der Waals surface area contributed by atoms with Crippen LogP contribution in [0.2, 0.25) is 0 Å². The highest BCUT2D eigenvalue weighted by Crippen LogP contribution is 2.25. The first-order chi connectivity index (χ1) is 11.8. The topological polar surface area (TPSA) is 54.9 Å². The molecule has 0 saturated carbocycles. The van der Waals surface area contributed by atoms with Crippen LogP contribution in [0.15, 0.2) is 27.8 Å². The first-order valence-corrected chi connectivity index (χ1v) is 7.26. The van der Waals surface area contributed by atoms with Crippen LogP contribution in [0.5, 0.6) is 0 Å². The maximum Gasteiger partial charge on any atom is 0.431 e. The molecule has 0 spiro atoms. The van der Waals surface area contributed by atoms with Crippen molar-refractivity contribution in [3.05, 3.63) is 61.9 Å². The van der Waals surface area contributed by atoms with Gasteiger partial charge in [-0.2, -0.15) is 13.2 Å². The van der Waals surface area contributed by atoms with Gasteiger partial charge in [-0.3, -0.25) is 4.79 Å². The van der Waals surface area contributed by atoms with Crippen LogP contribution in [0.3, 0.4) is 0 Å². The fourth-order valence-corrected chi connectivity index (χ4v) is 1.95. The minimum Gasteiger partial charge on any atom is -0.303 e. The molecule has 0 saturated heterocycles. The van der Waals surface area contributed by atoms with Crippen molar-refractivity contribution in [3.63, 3.8) is 0 Å². The molecule has 4 nitrogen and oxygen atoms in total. The average Bonchev–Trinajstić information content (AvgIpc) is 2.43. The number of nitrogens with one attached hydrogen (secondary N) is 1. The molecule has 0 amide bonds. The lowest BCUT2D eigenvalue weighted by Gasteiger charge is -2.10. The van der Waals surface area contributed by atoms with Gasteiger partial charge in [-0.05, 0) is 32.9 Å². The van der Waals surface area contributed by atoms with Gasteiger partial charge in [0.25, 0.3) is 5.56 Å². The smallest absolute Gasteiger partial charge is 0.303 e. The third-order valence-corrected chi connectivity index (χ3v) is 3.09. The lowest BCUT2D eigenvalue weighted by Crippen LogP contribution is -2.36. The van der Waals surface area contributed by atoms with Crippen LogP contribution < -0.4 is 11.2 Å². The average molecular weight is 372 g/mol. The van der Waals surface area contributed by atoms with Crippen molar-refractivity contribution in [2.45, 2.75) is 26.9 Å². The molecule has 0 aliphatic heterocycles. The molecule has 26 heavy (non-hydrogen) atoms. The van der Waals surface area contributed by atoms with Gasteiger partial charge in [-0.25, -0.2) is 18.1 Å². The highest BCUT2D eigenvalue weighted by atomic mass is 19.4. The van der Waals surface area contributed by atoms with Crippen LogP contribution in [0.4, 0.5) is 22.0 Å². The lowest BCUT2D eigenvalue weighted by molar-refractivity contribution is -0.141. The number of aromatic nitrogens is 2. The molecule has 0 bridgehead atoms. The van der Waals surface area contributed by atoms with Crippen LogP contribution in [0.1, 0.15) is 32.0 Å². The van der Waals surface area contributed by atoms with Crippen LogP contribution in [0.25, 0.3) is 5.69 Å². The van der Waals surface area contributed by atoms with E-state index in [9.17, 15) is 31.5 Å². The number of hydrogen-bond donors (Lipinski definition) is 1. The standard InChI is InChI=1S/C17H13F5N2O2/c1-16(2,3)5-4-10-11(18)6-9(7-12(10)19)24-14(25)8-13(17(20,21)22)23-15(24)26/h6-8H,1-3H3,(H,23,26). The van der Waals surface area contributed by atoms with E-state index in [0.717, 1.165) is 0 Å². The Labute approximate surface area is 144 Å². The van der Waals surface area contributed by atoms with Gasteiger partial charge in [0.1, 0.15) is 17.3 Å². The van der Waals surface area contributed by atoms with Gasteiger partial charge in [-0.15, -0.1) is 0 Å². The SMILES string of the molecule is CC(C)(C)C#Cc1c(F)cc(-n2c(=O)cc(C(F)(F)F)[nH]c2=O)cc1F. The highest BCUT2D eigenvalue weighted by molar-refractivity contribution is 5.44. The molecule has 1 aromatic carbocycles. The largest absolute Gasteiger partial charge is 0.431 e. The van der Waals surface area contributed by atoms with Crippen LogP contribution >= 0.6 is 0 Å². The monoisotopic (exact) mass is 372 g/mol. The second-order valence-corrected chi connectivity index (χ2v) is 6.44. The van der Waals surface area contributed by atoms with E-state index in [4.69, 9.17) is 0 Å². The molecular formula is C17H13F5N2O2. The molecule has 0 atom stereocenters. The van der Waals surface area contributed by atoms with Gasteiger partial charge in [0.05, 0.1) is 11.3 Å². The molecule has 0 aliphatic rings. The molecule has 1 N–H and O–H groups in total. The van der Waals surface area contributed by atoms with Crippen molar-refractivity contribution < 1.29 is 22.0 Å². The Balaban J connectivity index is 2.63. The van der Waals surface area contributed by atoms with Crippen molar-refractivity contribution in [1.29, 1.82) is 0 Å². The number of halogens is 5. The molecule has 0 radical (unpaired) electrons. The van der Waals surface area contributed by atoms with Crippen molar-refractivity contribution in [3.8, 4) is 17.5 Å². The first-order valence-electron chi connectivity index (χ1n) is 7.26.